The molecule has 3 amide bonds. The van der Waals surface area contributed by atoms with Crippen molar-refractivity contribution in [2.75, 3.05) is 10.6 Å². The number of thiophene rings is 1. The zero-order chi connectivity index (χ0) is 18.7. The lowest BCUT2D eigenvalue weighted by Gasteiger charge is -2.22. The van der Waals surface area contributed by atoms with Gasteiger partial charge in [-0.25, -0.2) is 0 Å². The second-order valence-corrected chi connectivity index (χ2v) is 7.44. The van der Waals surface area contributed by atoms with Gasteiger partial charge in [0.05, 0.1) is 6.54 Å². The lowest BCUT2D eigenvalue weighted by Crippen LogP contribution is -2.32. The SMILES string of the molecule is CC(=O)Nc1cc(NC(C)=O)cc(C(=O)N(Cc2cccs2)C2CC2)c1. The first kappa shape index (κ1) is 18.1. The number of hydrogen-bond acceptors (Lipinski definition) is 4. The lowest BCUT2D eigenvalue weighted by atomic mass is 10.1. The second kappa shape index (κ2) is 7.70. The number of benzene rings is 1. The molecule has 6 nitrogen and oxygen atoms in total. The van der Waals surface area contributed by atoms with Crippen molar-refractivity contribution in [3.63, 3.8) is 0 Å². The summed E-state index contributed by atoms with van der Waals surface area (Å²) >= 11 is 1.62. The van der Waals surface area contributed by atoms with Crippen LogP contribution in [0.3, 0.4) is 0 Å². The molecule has 0 spiro atoms. The molecule has 1 saturated carbocycles. The highest BCUT2D eigenvalue weighted by Crippen LogP contribution is 2.31. The third kappa shape index (κ3) is 4.70. The van der Waals surface area contributed by atoms with Crippen molar-refractivity contribution < 1.29 is 14.4 Å². The van der Waals surface area contributed by atoms with Gasteiger partial charge in [0, 0.05) is 41.7 Å². The Balaban J connectivity index is 1.90. The minimum absolute atomic E-state index is 0.0975. The second-order valence-electron chi connectivity index (χ2n) is 6.41. The molecular formula is C19H21N3O3S. The Bertz CT molecular complexity index is 794. The highest BCUT2D eigenvalue weighted by molar-refractivity contribution is 7.09. The Morgan fingerprint density at radius 3 is 2.15 bits per heavy atom. The molecule has 2 aromatic rings. The average molecular weight is 371 g/mol. The van der Waals surface area contributed by atoms with Crippen molar-refractivity contribution in [1.82, 2.24) is 4.90 Å². The van der Waals surface area contributed by atoms with E-state index < -0.39 is 0 Å². The van der Waals surface area contributed by atoms with Gasteiger partial charge in [0.2, 0.25) is 11.8 Å². The van der Waals surface area contributed by atoms with Crippen LogP contribution in [-0.4, -0.2) is 28.7 Å². The number of rotatable bonds is 6. The first-order valence-electron chi connectivity index (χ1n) is 8.46. The standard InChI is InChI=1S/C19H21N3O3S/c1-12(23)20-15-8-14(9-16(10-15)21-13(2)24)19(25)22(17-5-6-17)11-18-4-3-7-26-18/h3-4,7-10,17H,5-6,11H2,1-2H3,(H,20,23)(H,21,24). The highest BCUT2D eigenvalue weighted by atomic mass is 32.1. The predicted octanol–water partition coefficient (Wildman–Crippen LogP) is 3.47. The fourth-order valence-electron chi connectivity index (χ4n) is 2.79. The number of amides is 3. The molecule has 2 N–H and O–H groups in total. The molecule has 26 heavy (non-hydrogen) atoms. The molecule has 136 valence electrons. The summed E-state index contributed by atoms with van der Waals surface area (Å²) in [6.45, 7) is 3.38. The number of carbonyl (C=O) groups is 3. The van der Waals surface area contributed by atoms with Gasteiger partial charge in [-0.15, -0.1) is 11.3 Å². The van der Waals surface area contributed by atoms with E-state index in [0.29, 0.717) is 23.5 Å². The zero-order valence-electron chi connectivity index (χ0n) is 14.7. The molecule has 1 aliphatic carbocycles. The molecule has 1 fully saturated rings. The Kier molecular flexibility index (Phi) is 5.37. The van der Waals surface area contributed by atoms with E-state index in [-0.39, 0.29) is 23.8 Å². The maximum Gasteiger partial charge on any atom is 0.254 e. The van der Waals surface area contributed by atoms with Crippen molar-refractivity contribution >= 4 is 40.4 Å². The Morgan fingerprint density at radius 1 is 1.08 bits per heavy atom. The molecule has 0 saturated heterocycles. The van der Waals surface area contributed by atoms with Crippen molar-refractivity contribution in [3.8, 4) is 0 Å². The first-order chi connectivity index (χ1) is 12.4. The quantitative estimate of drug-likeness (QED) is 0.816. The van der Waals surface area contributed by atoms with E-state index in [1.54, 1.807) is 29.5 Å². The molecule has 3 rings (SSSR count). The number of nitrogens with one attached hydrogen (secondary N) is 2. The molecule has 0 atom stereocenters. The fourth-order valence-corrected chi connectivity index (χ4v) is 3.49. The molecule has 1 aliphatic rings. The zero-order valence-corrected chi connectivity index (χ0v) is 15.6. The fraction of sp³-hybridized carbons (Fsp3) is 0.316. The van der Waals surface area contributed by atoms with Gasteiger partial charge in [0.25, 0.3) is 5.91 Å². The van der Waals surface area contributed by atoms with Gasteiger partial charge in [-0.2, -0.15) is 0 Å². The van der Waals surface area contributed by atoms with Crippen molar-refractivity contribution in [2.24, 2.45) is 0 Å². The van der Waals surface area contributed by atoms with E-state index in [0.717, 1.165) is 17.7 Å². The maximum absolute atomic E-state index is 13.1. The van der Waals surface area contributed by atoms with E-state index >= 15 is 0 Å². The Morgan fingerprint density at radius 2 is 1.69 bits per heavy atom. The van der Waals surface area contributed by atoms with Crippen LogP contribution >= 0.6 is 11.3 Å². The highest BCUT2D eigenvalue weighted by Gasteiger charge is 2.33. The lowest BCUT2D eigenvalue weighted by molar-refractivity contribution is -0.115. The van der Waals surface area contributed by atoms with Crippen LogP contribution in [0, 0.1) is 0 Å². The molecule has 7 heteroatoms. The molecular weight excluding hydrogens is 350 g/mol. The molecule has 0 bridgehead atoms. The van der Waals surface area contributed by atoms with Gasteiger partial charge in [-0.05, 0) is 42.5 Å². The molecule has 0 aliphatic heterocycles. The first-order valence-corrected chi connectivity index (χ1v) is 9.34. The topological polar surface area (TPSA) is 78.5 Å². The summed E-state index contributed by atoms with van der Waals surface area (Å²) < 4.78 is 0. The van der Waals surface area contributed by atoms with Crippen molar-refractivity contribution in [3.05, 3.63) is 46.2 Å². The average Bonchev–Trinajstić information content (AvgIpc) is 3.26. The van der Waals surface area contributed by atoms with Crippen LogP contribution in [0.4, 0.5) is 11.4 Å². The Labute approximate surface area is 156 Å². The minimum Gasteiger partial charge on any atom is -0.331 e. The van der Waals surface area contributed by atoms with E-state index in [1.165, 1.54) is 13.8 Å². The summed E-state index contributed by atoms with van der Waals surface area (Å²) in [4.78, 5) is 38.9. The van der Waals surface area contributed by atoms with Gasteiger partial charge >= 0.3 is 0 Å². The van der Waals surface area contributed by atoms with Gasteiger partial charge < -0.3 is 15.5 Å². The van der Waals surface area contributed by atoms with Gasteiger partial charge in [0.1, 0.15) is 0 Å². The van der Waals surface area contributed by atoms with Gasteiger partial charge in [0.15, 0.2) is 0 Å². The van der Waals surface area contributed by atoms with Gasteiger partial charge in [-0.3, -0.25) is 14.4 Å². The van der Waals surface area contributed by atoms with Crippen LogP contribution in [0.2, 0.25) is 0 Å². The van der Waals surface area contributed by atoms with Crippen molar-refractivity contribution in [2.45, 2.75) is 39.3 Å². The largest absolute Gasteiger partial charge is 0.331 e. The molecule has 1 aromatic heterocycles. The Hall–Kier alpha value is -2.67. The normalized spacial score (nSPS) is 13.2. The molecule has 0 unspecified atom stereocenters. The minimum atomic E-state index is -0.235. The summed E-state index contributed by atoms with van der Waals surface area (Å²) in [6, 6.07) is 9.18. The van der Waals surface area contributed by atoms with E-state index in [1.807, 2.05) is 22.4 Å². The monoisotopic (exact) mass is 371 g/mol. The summed E-state index contributed by atoms with van der Waals surface area (Å²) in [7, 11) is 0. The number of anilines is 2. The van der Waals surface area contributed by atoms with Crippen LogP contribution < -0.4 is 10.6 Å². The van der Waals surface area contributed by atoms with E-state index in [4.69, 9.17) is 0 Å². The number of carbonyl (C=O) groups excluding carboxylic acids is 3. The van der Waals surface area contributed by atoms with Crippen LogP contribution in [-0.2, 0) is 16.1 Å². The maximum atomic E-state index is 13.1. The predicted molar refractivity (Wildman–Crippen MR) is 102 cm³/mol. The van der Waals surface area contributed by atoms with Crippen LogP contribution in [0.15, 0.2) is 35.7 Å². The van der Waals surface area contributed by atoms with Crippen LogP contribution in [0.1, 0.15) is 41.9 Å². The van der Waals surface area contributed by atoms with E-state index in [2.05, 4.69) is 10.6 Å². The number of hydrogen-bond donors (Lipinski definition) is 2. The number of nitrogens with zero attached hydrogens (tertiary/aromatic N) is 1. The van der Waals surface area contributed by atoms with Crippen LogP contribution in [0.25, 0.3) is 0 Å². The summed E-state index contributed by atoms with van der Waals surface area (Å²) in [5, 5.41) is 7.37. The third-order valence-electron chi connectivity index (χ3n) is 3.98. The molecule has 0 radical (unpaired) electrons. The summed E-state index contributed by atoms with van der Waals surface area (Å²) in [5.41, 5.74) is 1.42. The molecule has 1 heterocycles. The smallest absolute Gasteiger partial charge is 0.254 e. The summed E-state index contributed by atoms with van der Waals surface area (Å²) in [6.07, 6.45) is 2.00. The molecule has 1 aromatic carbocycles. The van der Waals surface area contributed by atoms with Gasteiger partial charge in [-0.1, -0.05) is 6.07 Å². The summed E-state index contributed by atoms with van der Waals surface area (Å²) in [5.74, 6) is -0.568. The third-order valence-corrected chi connectivity index (χ3v) is 4.84. The van der Waals surface area contributed by atoms with E-state index in [9.17, 15) is 14.4 Å². The van der Waals surface area contributed by atoms with Crippen LogP contribution in [0.5, 0.6) is 0 Å². The van der Waals surface area contributed by atoms with Crippen molar-refractivity contribution in [1.29, 1.82) is 0 Å².